The summed E-state index contributed by atoms with van der Waals surface area (Å²) in [6.45, 7) is 3.62. The lowest BCUT2D eigenvalue weighted by Gasteiger charge is -2.27. The van der Waals surface area contributed by atoms with E-state index in [9.17, 15) is 4.79 Å². The van der Waals surface area contributed by atoms with Crippen LogP contribution in [0.3, 0.4) is 0 Å². The van der Waals surface area contributed by atoms with Gasteiger partial charge in [0.15, 0.2) is 0 Å². The average molecular weight is 236 g/mol. The van der Waals surface area contributed by atoms with Crippen molar-refractivity contribution in [2.24, 2.45) is 13.0 Å². The second kappa shape index (κ2) is 5.31. The molecule has 17 heavy (non-hydrogen) atoms. The van der Waals surface area contributed by atoms with E-state index in [4.69, 9.17) is 0 Å². The number of carbonyl (C=O) groups is 1. The molecule has 0 bridgehead atoms. The van der Waals surface area contributed by atoms with Crippen LogP contribution in [0.15, 0.2) is 12.4 Å². The molecule has 2 N–H and O–H groups in total. The van der Waals surface area contributed by atoms with Crippen molar-refractivity contribution >= 4 is 5.91 Å². The van der Waals surface area contributed by atoms with Crippen molar-refractivity contribution in [3.05, 3.63) is 18.2 Å². The molecule has 2 unspecified atom stereocenters. The van der Waals surface area contributed by atoms with Crippen molar-refractivity contribution in [3.63, 3.8) is 0 Å². The molecule has 1 amide bonds. The molecule has 2 rings (SSSR count). The predicted octanol–water partition coefficient (Wildman–Crippen LogP) is 0.424. The lowest BCUT2D eigenvalue weighted by atomic mass is 9.94. The number of rotatable bonds is 3. The summed E-state index contributed by atoms with van der Waals surface area (Å²) in [7, 11) is 1.93. The molecule has 5 heteroatoms. The number of hydrogen-bond acceptors (Lipinski definition) is 3. The molecule has 1 fully saturated rings. The summed E-state index contributed by atoms with van der Waals surface area (Å²) in [6.07, 6.45) is 5.69. The normalized spacial score (nSPS) is 24.6. The standard InChI is InChI=1S/C12H20N4O/c1-9-3-4-13-10(7-9)12(17)15-8-11-14-5-6-16(11)2/h5-6,9-10,13H,3-4,7-8H2,1-2H3,(H,15,17). The third-order valence-corrected chi connectivity index (χ3v) is 3.32. The molecule has 1 aliphatic heterocycles. The third kappa shape index (κ3) is 3.06. The molecule has 1 aromatic heterocycles. The van der Waals surface area contributed by atoms with Crippen molar-refractivity contribution in [3.8, 4) is 0 Å². The summed E-state index contributed by atoms with van der Waals surface area (Å²) in [6, 6.07) is -0.0426. The van der Waals surface area contributed by atoms with Crippen LogP contribution in [0.4, 0.5) is 0 Å². The van der Waals surface area contributed by atoms with Crippen LogP contribution >= 0.6 is 0 Å². The predicted molar refractivity (Wildman–Crippen MR) is 65.2 cm³/mol. The highest BCUT2D eigenvalue weighted by molar-refractivity contribution is 5.81. The van der Waals surface area contributed by atoms with Crippen LogP contribution in [0, 0.1) is 5.92 Å². The largest absolute Gasteiger partial charge is 0.348 e. The molecule has 0 spiro atoms. The van der Waals surface area contributed by atoms with E-state index in [1.807, 2.05) is 17.8 Å². The number of aromatic nitrogens is 2. The van der Waals surface area contributed by atoms with E-state index < -0.39 is 0 Å². The van der Waals surface area contributed by atoms with E-state index in [0.29, 0.717) is 12.5 Å². The molecular formula is C12H20N4O. The summed E-state index contributed by atoms with van der Waals surface area (Å²) >= 11 is 0. The fourth-order valence-corrected chi connectivity index (χ4v) is 2.16. The zero-order valence-electron chi connectivity index (χ0n) is 10.4. The molecule has 0 radical (unpaired) electrons. The minimum absolute atomic E-state index is 0.0426. The summed E-state index contributed by atoms with van der Waals surface area (Å²) < 4.78 is 1.91. The van der Waals surface area contributed by atoms with Gasteiger partial charge in [-0.1, -0.05) is 6.92 Å². The van der Waals surface area contributed by atoms with E-state index >= 15 is 0 Å². The van der Waals surface area contributed by atoms with E-state index in [-0.39, 0.29) is 11.9 Å². The van der Waals surface area contributed by atoms with E-state index in [2.05, 4.69) is 22.5 Å². The SMILES string of the molecule is CC1CCNC(C(=O)NCc2nccn2C)C1. The Labute approximate surface area is 102 Å². The zero-order chi connectivity index (χ0) is 12.3. The summed E-state index contributed by atoms with van der Waals surface area (Å²) in [4.78, 5) is 16.1. The highest BCUT2D eigenvalue weighted by Crippen LogP contribution is 2.14. The molecule has 0 saturated carbocycles. The van der Waals surface area contributed by atoms with Gasteiger partial charge < -0.3 is 15.2 Å². The van der Waals surface area contributed by atoms with Crippen LogP contribution in [-0.4, -0.2) is 28.0 Å². The molecule has 1 aliphatic rings. The highest BCUT2D eigenvalue weighted by Gasteiger charge is 2.24. The van der Waals surface area contributed by atoms with Crippen LogP contribution in [0.1, 0.15) is 25.6 Å². The molecule has 1 aromatic rings. The van der Waals surface area contributed by atoms with Gasteiger partial charge >= 0.3 is 0 Å². The van der Waals surface area contributed by atoms with Crippen LogP contribution in [0.2, 0.25) is 0 Å². The van der Waals surface area contributed by atoms with Gasteiger partial charge in [0, 0.05) is 19.4 Å². The Morgan fingerprint density at radius 2 is 2.53 bits per heavy atom. The van der Waals surface area contributed by atoms with Crippen LogP contribution in [0.25, 0.3) is 0 Å². The van der Waals surface area contributed by atoms with Crippen molar-refractivity contribution in [1.29, 1.82) is 0 Å². The van der Waals surface area contributed by atoms with E-state index in [1.54, 1.807) is 6.20 Å². The third-order valence-electron chi connectivity index (χ3n) is 3.32. The smallest absolute Gasteiger partial charge is 0.237 e. The maximum Gasteiger partial charge on any atom is 0.237 e. The van der Waals surface area contributed by atoms with Gasteiger partial charge in [0.2, 0.25) is 5.91 Å². The summed E-state index contributed by atoms with van der Waals surface area (Å²) in [5.74, 6) is 1.59. The van der Waals surface area contributed by atoms with Gasteiger partial charge in [0.25, 0.3) is 0 Å². The fourth-order valence-electron chi connectivity index (χ4n) is 2.16. The Morgan fingerprint density at radius 3 is 3.18 bits per heavy atom. The van der Waals surface area contributed by atoms with Gasteiger partial charge in [-0.05, 0) is 25.3 Å². The van der Waals surface area contributed by atoms with Crippen molar-refractivity contribution in [1.82, 2.24) is 20.2 Å². The number of aryl methyl sites for hydroxylation is 1. The number of nitrogens with zero attached hydrogens (tertiary/aromatic N) is 2. The monoisotopic (exact) mass is 236 g/mol. The lowest BCUT2D eigenvalue weighted by Crippen LogP contribution is -2.48. The minimum atomic E-state index is -0.0426. The maximum atomic E-state index is 11.9. The number of carbonyl (C=O) groups excluding carboxylic acids is 1. The Balaban J connectivity index is 1.83. The first-order valence-electron chi connectivity index (χ1n) is 6.14. The first-order chi connectivity index (χ1) is 8.16. The number of nitrogens with one attached hydrogen (secondary N) is 2. The quantitative estimate of drug-likeness (QED) is 0.800. The van der Waals surface area contributed by atoms with Crippen molar-refractivity contribution in [2.75, 3.05) is 6.54 Å². The highest BCUT2D eigenvalue weighted by atomic mass is 16.2. The zero-order valence-corrected chi connectivity index (χ0v) is 10.4. The van der Waals surface area contributed by atoms with Crippen molar-refractivity contribution in [2.45, 2.75) is 32.4 Å². The van der Waals surface area contributed by atoms with Crippen LogP contribution < -0.4 is 10.6 Å². The first-order valence-corrected chi connectivity index (χ1v) is 6.14. The molecule has 2 atom stereocenters. The first kappa shape index (κ1) is 12.1. The van der Waals surface area contributed by atoms with Crippen LogP contribution in [0.5, 0.6) is 0 Å². The second-order valence-corrected chi connectivity index (χ2v) is 4.81. The number of piperidine rings is 1. The van der Waals surface area contributed by atoms with Gasteiger partial charge in [-0.3, -0.25) is 4.79 Å². The molecular weight excluding hydrogens is 216 g/mol. The van der Waals surface area contributed by atoms with Gasteiger partial charge in [0.05, 0.1) is 12.6 Å². The molecule has 0 aromatic carbocycles. The Morgan fingerprint density at radius 1 is 1.71 bits per heavy atom. The fraction of sp³-hybridized carbons (Fsp3) is 0.667. The summed E-state index contributed by atoms with van der Waals surface area (Å²) in [5.41, 5.74) is 0. The average Bonchev–Trinajstić information content (AvgIpc) is 2.72. The summed E-state index contributed by atoms with van der Waals surface area (Å²) in [5, 5.41) is 6.19. The topological polar surface area (TPSA) is 59.0 Å². The van der Waals surface area contributed by atoms with Gasteiger partial charge in [0.1, 0.15) is 5.82 Å². The lowest BCUT2D eigenvalue weighted by molar-refractivity contribution is -0.124. The van der Waals surface area contributed by atoms with Gasteiger partial charge in [-0.25, -0.2) is 4.98 Å². The maximum absolute atomic E-state index is 11.9. The van der Waals surface area contributed by atoms with Crippen molar-refractivity contribution < 1.29 is 4.79 Å². The molecule has 94 valence electrons. The molecule has 5 nitrogen and oxygen atoms in total. The van der Waals surface area contributed by atoms with Gasteiger partial charge in [-0.2, -0.15) is 0 Å². The Kier molecular flexibility index (Phi) is 3.78. The number of amides is 1. The minimum Gasteiger partial charge on any atom is -0.348 e. The Bertz CT molecular complexity index is 388. The van der Waals surface area contributed by atoms with Gasteiger partial charge in [-0.15, -0.1) is 0 Å². The Hall–Kier alpha value is -1.36. The van der Waals surface area contributed by atoms with E-state index in [0.717, 1.165) is 25.2 Å². The second-order valence-electron chi connectivity index (χ2n) is 4.81. The molecule has 1 saturated heterocycles. The number of hydrogen-bond donors (Lipinski definition) is 2. The van der Waals surface area contributed by atoms with E-state index in [1.165, 1.54) is 0 Å². The number of imidazole rings is 1. The van der Waals surface area contributed by atoms with Crippen LogP contribution in [-0.2, 0) is 18.4 Å². The molecule has 0 aliphatic carbocycles. The molecule has 2 heterocycles.